The lowest BCUT2D eigenvalue weighted by Crippen LogP contribution is -2.22. The molecule has 1 saturated heterocycles. The number of allylic oxidation sites excluding steroid dienone is 1. The zero-order valence-electron chi connectivity index (χ0n) is 14.1. The molecule has 6 nitrogen and oxygen atoms in total. The number of carbonyl (C=O) groups excluding carboxylic acids is 2. The lowest BCUT2D eigenvalue weighted by atomic mass is 10.0. The molecular weight excluding hydrogens is 340 g/mol. The highest BCUT2D eigenvalue weighted by Gasteiger charge is 2.31. The number of nitrogens with zero attached hydrogens (tertiary/aromatic N) is 2. The smallest absolute Gasteiger partial charge is 0.293 e. The Labute approximate surface area is 150 Å². The van der Waals surface area contributed by atoms with Gasteiger partial charge in [-0.05, 0) is 48.9 Å². The van der Waals surface area contributed by atoms with E-state index in [1.54, 1.807) is 18.2 Å². The van der Waals surface area contributed by atoms with Crippen LogP contribution in [-0.4, -0.2) is 36.3 Å². The van der Waals surface area contributed by atoms with Crippen molar-refractivity contribution in [1.82, 2.24) is 4.90 Å². The minimum Gasteiger partial charge on any atom is -0.490 e. The third kappa shape index (κ3) is 4.22. The quantitative estimate of drug-likeness (QED) is 0.549. The van der Waals surface area contributed by atoms with Gasteiger partial charge in [0.15, 0.2) is 18.1 Å². The number of likely N-dealkylation sites (N-methyl/N-ethyl adjacent to an activating group) is 1. The van der Waals surface area contributed by atoms with E-state index < -0.39 is 0 Å². The lowest BCUT2D eigenvalue weighted by Gasteiger charge is -2.15. The van der Waals surface area contributed by atoms with Gasteiger partial charge in [-0.1, -0.05) is 6.08 Å². The van der Waals surface area contributed by atoms with Gasteiger partial charge in [-0.25, -0.2) is 0 Å². The van der Waals surface area contributed by atoms with Gasteiger partial charge in [-0.15, -0.1) is 6.58 Å². The van der Waals surface area contributed by atoms with E-state index in [9.17, 15) is 9.59 Å². The van der Waals surface area contributed by atoms with Crippen molar-refractivity contribution in [3.63, 3.8) is 0 Å². The molecule has 2 amide bonds. The topological polar surface area (TPSA) is 79.6 Å². The highest BCUT2D eigenvalue weighted by molar-refractivity contribution is 8.18. The zero-order valence-corrected chi connectivity index (χ0v) is 14.9. The number of benzene rings is 1. The van der Waals surface area contributed by atoms with Gasteiger partial charge in [-0.2, -0.15) is 5.26 Å². The monoisotopic (exact) mass is 358 g/mol. The van der Waals surface area contributed by atoms with Crippen LogP contribution in [-0.2, 0) is 11.2 Å². The van der Waals surface area contributed by atoms with Crippen LogP contribution in [0.5, 0.6) is 11.5 Å². The van der Waals surface area contributed by atoms with Crippen molar-refractivity contribution in [2.75, 3.05) is 20.3 Å². The second-order valence-electron chi connectivity index (χ2n) is 5.12. The van der Waals surface area contributed by atoms with E-state index in [0.29, 0.717) is 35.0 Å². The van der Waals surface area contributed by atoms with Crippen molar-refractivity contribution in [3.05, 3.63) is 40.8 Å². The van der Waals surface area contributed by atoms with E-state index in [1.165, 1.54) is 7.05 Å². The summed E-state index contributed by atoms with van der Waals surface area (Å²) in [6.45, 7) is 5.90. The van der Waals surface area contributed by atoms with Crippen molar-refractivity contribution in [1.29, 1.82) is 5.26 Å². The molecule has 130 valence electrons. The minimum absolute atomic E-state index is 0.0989. The summed E-state index contributed by atoms with van der Waals surface area (Å²) < 4.78 is 11.1. The lowest BCUT2D eigenvalue weighted by molar-refractivity contribution is -0.121. The summed E-state index contributed by atoms with van der Waals surface area (Å²) in [5.41, 5.74) is 1.50. The summed E-state index contributed by atoms with van der Waals surface area (Å²) in [4.78, 5) is 25.1. The first-order chi connectivity index (χ1) is 12.0. The number of nitriles is 1. The van der Waals surface area contributed by atoms with Crippen molar-refractivity contribution in [2.45, 2.75) is 13.3 Å². The first-order valence-electron chi connectivity index (χ1n) is 7.63. The van der Waals surface area contributed by atoms with Crippen LogP contribution in [0.2, 0.25) is 0 Å². The van der Waals surface area contributed by atoms with Gasteiger partial charge < -0.3 is 9.47 Å². The molecule has 0 N–H and O–H groups in total. The third-order valence-electron chi connectivity index (χ3n) is 3.38. The number of imide groups is 1. The Morgan fingerprint density at radius 1 is 1.36 bits per heavy atom. The number of carbonyl (C=O) groups is 2. The molecule has 0 unspecified atom stereocenters. The highest BCUT2D eigenvalue weighted by Crippen LogP contribution is 2.37. The molecular formula is C18H18N2O4S. The molecule has 1 aliphatic heterocycles. The first-order valence-corrected chi connectivity index (χ1v) is 8.45. The van der Waals surface area contributed by atoms with Crippen molar-refractivity contribution >= 4 is 29.0 Å². The summed E-state index contributed by atoms with van der Waals surface area (Å²) in [6.07, 6.45) is 3.88. The van der Waals surface area contributed by atoms with Crippen LogP contribution >= 0.6 is 11.8 Å². The Morgan fingerprint density at radius 3 is 2.68 bits per heavy atom. The van der Waals surface area contributed by atoms with E-state index >= 15 is 0 Å². The van der Waals surface area contributed by atoms with Crippen LogP contribution in [0.25, 0.3) is 6.08 Å². The average Bonchev–Trinajstić information content (AvgIpc) is 2.82. The normalized spacial score (nSPS) is 15.4. The van der Waals surface area contributed by atoms with Gasteiger partial charge >= 0.3 is 0 Å². The molecule has 0 aromatic heterocycles. The SMILES string of the molecule is C=CCc1cc(/C=C2\SC(=O)N(C)C2=O)cc(OCC)c1OCC#N. The third-order valence-corrected chi connectivity index (χ3v) is 4.34. The molecule has 0 spiro atoms. The number of ether oxygens (including phenoxy) is 2. The van der Waals surface area contributed by atoms with Crippen LogP contribution in [0.1, 0.15) is 18.1 Å². The van der Waals surface area contributed by atoms with Gasteiger partial charge in [0, 0.05) is 12.6 Å². The molecule has 7 heteroatoms. The van der Waals surface area contributed by atoms with Crippen LogP contribution in [0.3, 0.4) is 0 Å². The molecule has 0 bridgehead atoms. The molecule has 25 heavy (non-hydrogen) atoms. The maximum Gasteiger partial charge on any atom is 0.293 e. The molecule has 1 fully saturated rings. The Balaban J connectivity index is 2.49. The second-order valence-corrected chi connectivity index (χ2v) is 6.11. The van der Waals surface area contributed by atoms with E-state index in [2.05, 4.69) is 6.58 Å². The standard InChI is InChI=1S/C18H18N2O4S/c1-4-6-13-9-12(11-15-17(21)20(3)18(22)25-15)10-14(23-5-2)16(13)24-8-7-19/h4,9-11H,1,5-6,8H2,2-3H3/b15-11-. The van der Waals surface area contributed by atoms with Gasteiger partial charge in [0.2, 0.25) is 0 Å². The maximum atomic E-state index is 12.1. The molecule has 1 aliphatic rings. The second kappa shape index (κ2) is 8.40. The fraction of sp³-hybridized carbons (Fsp3) is 0.278. The van der Waals surface area contributed by atoms with Gasteiger partial charge in [0.05, 0.1) is 11.5 Å². The van der Waals surface area contributed by atoms with Gasteiger partial charge in [0.1, 0.15) is 6.07 Å². The van der Waals surface area contributed by atoms with Gasteiger partial charge in [0.25, 0.3) is 11.1 Å². The van der Waals surface area contributed by atoms with Crippen LogP contribution < -0.4 is 9.47 Å². The van der Waals surface area contributed by atoms with Crippen LogP contribution in [0, 0.1) is 11.3 Å². The molecule has 0 radical (unpaired) electrons. The van der Waals surface area contributed by atoms with Crippen LogP contribution in [0.15, 0.2) is 29.7 Å². The molecule has 1 heterocycles. The summed E-state index contributed by atoms with van der Waals surface area (Å²) in [5, 5.41) is 8.47. The summed E-state index contributed by atoms with van der Waals surface area (Å²) >= 11 is 0.896. The number of hydrogen-bond donors (Lipinski definition) is 0. The van der Waals surface area contributed by atoms with Gasteiger partial charge in [-0.3, -0.25) is 14.5 Å². The van der Waals surface area contributed by atoms with Crippen LogP contribution in [0.4, 0.5) is 4.79 Å². The van der Waals surface area contributed by atoms with E-state index in [4.69, 9.17) is 14.7 Å². The molecule has 0 aliphatic carbocycles. The molecule has 1 aromatic rings. The fourth-order valence-electron chi connectivity index (χ4n) is 2.30. The number of rotatable bonds is 7. The summed E-state index contributed by atoms with van der Waals surface area (Å²) in [7, 11) is 1.45. The highest BCUT2D eigenvalue weighted by atomic mass is 32.2. The predicted molar refractivity (Wildman–Crippen MR) is 96.4 cm³/mol. The largest absolute Gasteiger partial charge is 0.490 e. The Hall–Kier alpha value is -2.72. The summed E-state index contributed by atoms with van der Waals surface area (Å²) in [6, 6.07) is 5.50. The van der Waals surface area contributed by atoms with E-state index in [1.807, 2.05) is 19.1 Å². The Bertz CT molecular complexity index is 780. The average molecular weight is 358 g/mol. The Kier molecular flexibility index (Phi) is 6.25. The minimum atomic E-state index is -0.331. The Morgan fingerprint density at radius 2 is 2.12 bits per heavy atom. The van der Waals surface area contributed by atoms with Crippen molar-refractivity contribution in [3.8, 4) is 17.6 Å². The van der Waals surface area contributed by atoms with E-state index in [0.717, 1.165) is 22.2 Å². The summed E-state index contributed by atoms with van der Waals surface area (Å²) in [5.74, 6) is 0.645. The molecule has 0 atom stereocenters. The van der Waals surface area contributed by atoms with Crippen molar-refractivity contribution in [2.24, 2.45) is 0 Å². The molecule has 1 aromatic carbocycles. The number of hydrogen-bond acceptors (Lipinski definition) is 6. The molecule has 0 saturated carbocycles. The maximum absolute atomic E-state index is 12.1. The predicted octanol–water partition coefficient (Wildman–Crippen LogP) is 3.38. The fourth-order valence-corrected chi connectivity index (χ4v) is 3.13. The first kappa shape index (κ1) is 18.6. The van der Waals surface area contributed by atoms with Crippen molar-refractivity contribution < 1.29 is 19.1 Å². The number of thioether (sulfide) groups is 1. The van der Waals surface area contributed by atoms with E-state index in [-0.39, 0.29) is 17.8 Å². The zero-order chi connectivity index (χ0) is 18.4. The number of amides is 2. The molecule has 2 rings (SSSR count).